The first-order valence-electron chi connectivity index (χ1n) is 4.93. The van der Waals surface area contributed by atoms with E-state index in [2.05, 4.69) is 10.6 Å². The van der Waals surface area contributed by atoms with E-state index >= 15 is 0 Å². The Hall–Kier alpha value is -0.810. The molecule has 2 aliphatic rings. The number of halogens is 1. The molecule has 2 unspecified atom stereocenters. The molecule has 1 heterocycles. The Morgan fingerprint density at radius 2 is 2.00 bits per heavy atom. The third kappa shape index (κ3) is 2.41. The molecule has 1 aliphatic carbocycles. The van der Waals surface area contributed by atoms with Gasteiger partial charge in [-0.15, -0.1) is 11.6 Å². The van der Waals surface area contributed by atoms with Gasteiger partial charge in [0.05, 0.1) is 13.2 Å². The Labute approximate surface area is 92.5 Å². The smallest absolute Gasteiger partial charge is 0.321 e. The van der Waals surface area contributed by atoms with Gasteiger partial charge in [-0.05, 0) is 17.8 Å². The van der Waals surface area contributed by atoms with Gasteiger partial charge >= 0.3 is 6.03 Å². The molecular formula is C9H13ClN2O3. The summed E-state index contributed by atoms with van der Waals surface area (Å²) in [4.78, 5) is 21.9. The first-order chi connectivity index (χ1) is 7.22. The van der Waals surface area contributed by atoms with E-state index in [4.69, 9.17) is 16.3 Å². The number of alkyl halides is 1. The van der Waals surface area contributed by atoms with Crippen LogP contribution >= 0.6 is 11.6 Å². The highest BCUT2D eigenvalue weighted by atomic mass is 35.5. The van der Waals surface area contributed by atoms with Gasteiger partial charge in [-0.1, -0.05) is 0 Å². The number of carbonyl (C=O) groups excluding carboxylic acids is 2. The SMILES string of the molecule is O=C(CCl)NC(=O)NCC1C2COCC12. The molecule has 2 atom stereocenters. The second kappa shape index (κ2) is 4.37. The van der Waals surface area contributed by atoms with Gasteiger partial charge in [0, 0.05) is 6.54 Å². The third-order valence-corrected chi connectivity index (χ3v) is 3.24. The van der Waals surface area contributed by atoms with Crippen LogP contribution in [0.4, 0.5) is 4.79 Å². The van der Waals surface area contributed by atoms with E-state index in [1.807, 2.05) is 0 Å². The number of imide groups is 1. The molecule has 84 valence electrons. The van der Waals surface area contributed by atoms with Crippen LogP contribution in [0.3, 0.4) is 0 Å². The number of nitrogens with one attached hydrogen (secondary N) is 2. The summed E-state index contributed by atoms with van der Waals surface area (Å²) in [5.41, 5.74) is 0. The summed E-state index contributed by atoms with van der Waals surface area (Å²) in [6, 6.07) is -0.466. The first kappa shape index (κ1) is 10.7. The molecule has 0 aromatic rings. The van der Waals surface area contributed by atoms with Crippen LogP contribution in [0, 0.1) is 17.8 Å². The van der Waals surface area contributed by atoms with Crippen LogP contribution in [0.2, 0.25) is 0 Å². The summed E-state index contributed by atoms with van der Waals surface area (Å²) in [5, 5.41) is 4.78. The van der Waals surface area contributed by atoms with E-state index < -0.39 is 11.9 Å². The Morgan fingerprint density at radius 3 is 2.60 bits per heavy atom. The lowest BCUT2D eigenvalue weighted by Crippen LogP contribution is -2.41. The summed E-state index contributed by atoms with van der Waals surface area (Å²) < 4.78 is 5.23. The van der Waals surface area contributed by atoms with Crippen molar-refractivity contribution in [2.75, 3.05) is 25.6 Å². The van der Waals surface area contributed by atoms with Crippen LogP contribution in [0.1, 0.15) is 0 Å². The number of carbonyl (C=O) groups is 2. The molecule has 0 bridgehead atoms. The quantitative estimate of drug-likeness (QED) is 0.670. The summed E-state index contributed by atoms with van der Waals surface area (Å²) in [6.45, 7) is 2.22. The number of hydrogen-bond donors (Lipinski definition) is 2. The molecule has 6 heteroatoms. The fourth-order valence-corrected chi connectivity index (χ4v) is 2.14. The number of hydrogen-bond acceptors (Lipinski definition) is 3. The first-order valence-corrected chi connectivity index (χ1v) is 5.47. The standard InChI is InChI=1S/C9H13ClN2O3/c10-1-8(13)12-9(14)11-2-5-6-3-15-4-7(5)6/h5-7H,1-4H2,(H2,11,12,13,14). The molecule has 1 saturated heterocycles. The summed E-state index contributed by atoms with van der Waals surface area (Å²) in [6.07, 6.45) is 0. The van der Waals surface area contributed by atoms with Crippen LogP contribution < -0.4 is 10.6 Å². The fraction of sp³-hybridized carbons (Fsp3) is 0.778. The predicted octanol–water partition coefficient (Wildman–Crippen LogP) is -0.0566. The molecule has 2 rings (SSSR count). The van der Waals surface area contributed by atoms with Crippen LogP contribution in [0.5, 0.6) is 0 Å². The minimum atomic E-state index is -0.478. The average Bonchev–Trinajstić information content (AvgIpc) is 2.66. The number of rotatable bonds is 3. The molecule has 1 saturated carbocycles. The van der Waals surface area contributed by atoms with Gasteiger partial charge in [0.2, 0.25) is 5.91 Å². The normalized spacial score (nSPS) is 31.9. The van der Waals surface area contributed by atoms with Gasteiger partial charge in [-0.3, -0.25) is 10.1 Å². The maximum Gasteiger partial charge on any atom is 0.321 e. The number of fused-ring (bicyclic) bond motifs is 1. The molecule has 0 spiro atoms. The molecule has 3 amide bonds. The number of amides is 3. The van der Waals surface area contributed by atoms with Crippen molar-refractivity contribution in [2.45, 2.75) is 0 Å². The van der Waals surface area contributed by atoms with E-state index in [1.54, 1.807) is 0 Å². The van der Waals surface area contributed by atoms with E-state index in [0.717, 1.165) is 13.2 Å². The molecule has 15 heavy (non-hydrogen) atoms. The van der Waals surface area contributed by atoms with E-state index in [0.29, 0.717) is 24.3 Å². The Morgan fingerprint density at radius 1 is 1.33 bits per heavy atom. The lowest BCUT2D eigenvalue weighted by molar-refractivity contribution is -0.117. The monoisotopic (exact) mass is 232 g/mol. The highest BCUT2D eigenvalue weighted by molar-refractivity contribution is 6.28. The van der Waals surface area contributed by atoms with Crippen molar-refractivity contribution in [2.24, 2.45) is 17.8 Å². The van der Waals surface area contributed by atoms with Crippen molar-refractivity contribution < 1.29 is 14.3 Å². The second-order valence-corrected chi connectivity index (χ2v) is 4.19. The van der Waals surface area contributed by atoms with Gasteiger partial charge < -0.3 is 10.1 Å². The number of ether oxygens (including phenoxy) is 1. The van der Waals surface area contributed by atoms with Gasteiger partial charge in [0.25, 0.3) is 0 Å². The topological polar surface area (TPSA) is 67.4 Å². The van der Waals surface area contributed by atoms with Crippen LogP contribution in [-0.4, -0.2) is 37.6 Å². The van der Waals surface area contributed by atoms with Crippen LogP contribution in [0.15, 0.2) is 0 Å². The third-order valence-electron chi connectivity index (χ3n) is 3.00. The average molecular weight is 233 g/mol. The van der Waals surface area contributed by atoms with E-state index in [1.165, 1.54) is 0 Å². The zero-order valence-electron chi connectivity index (χ0n) is 8.16. The second-order valence-electron chi connectivity index (χ2n) is 3.92. The minimum absolute atomic E-state index is 0.198. The molecule has 5 nitrogen and oxygen atoms in total. The van der Waals surface area contributed by atoms with Gasteiger partial charge in [-0.25, -0.2) is 4.79 Å². The maximum absolute atomic E-state index is 11.1. The molecular weight excluding hydrogens is 220 g/mol. The Balaban J connectivity index is 1.62. The lowest BCUT2D eigenvalue weighted by atomic mass is 10.3. The molecule has 1 aliphatic heterocycles. The summed E-state index contributed by atoms with van der Waals surface area (Å²) >= 11 is 5.24. The zero-order valence-corrected chi connectivity index (χ0v) is 8.92. The van der Waals surface area contributed by atoms with Gasteiger partial charge in [-0.2, -0.15) is 0 Å². The number of urea groups is 1. The van der Waals surface area contributed by atoms with Crippen molar-refractivity contribution in [3.05, 3.63) is 0 Å². The highest BCUT2D eigenvalue weighted by Crippen LogP contribution is 2.50. The lowest BCUT2D eigenvalue weighted by Gasteiger charge is -2.06. The van der Waals surface area contributed by atoms with Crippen molar-refractivity contribution in [3.8, 4) is 0 Å². The Kier molecular flexibility index (Phi) is 3.11. The van der Waals surface area contributed by atoms with Crippen molar-refractivity contribution in [1.82, 2.24) is 10.6 Å². The van der Waals surface area contributed by atoms with Crippen LogP contribution in [-0.2, 0) is 9.53 Å². The molecule has 2 N–H and O–H groups in total. The zero-order chi connectivity index (χ0) is 10.8. The van der Waals surface area contributed by atoms with Crippen molar-refractivity contribution in [3.63, 3.8) is 0 Å². The van der Waals surface area contributed by atoms with E-state index in [9.17, 15) is 9.59 Å². The Bertz CT molecular complexity index is 275. The van der Waals surface area contributed by atoms with Gasteiger partial charge in [0.15, 0.2) is 0 Å². The van der Waals surface area contributed by atoms with Gasteiger partial charge in [0.1, 0.15) is 5.88 Å². The molecule has 0 aromatic carbocycles. The fourth-order valence-electron chi connectivity index (χ4n) is 2.08. The van der Waals surface area contributed by atoms with E-state index in [-0.39, 0.29) is 5.88 Å². The summed E-state index contributed by atoms with van der Waals surface area (Å²) in [7, 11) is 0. The van der Waals surface area contributed by atoms with Crippen molar-refractivity contribution >= 4 is 23.5 Å². The molecule has 0 radical (unpaired) electrons. The molecule has 0 aromatic heterocycles. The minimum Gasteiger partial charge on any atom is -0.381 e. The maximum atomic E-state index is 11.1. The van der Waals surface area contributed by atoms with Crippen molar-refractivity contribution in [1.29, 1.82) is 0 Å². The predicted molar refractivity (Wildman–Crippen MR) is 53.6 cm³/mol. The molecule has 2 fully saturated rings. The van der Waals surface area contributed by atoms with Crippen LogP contribution in [0.25, 0.3) is 0 Å². The summed E-state index contributed by atoms with van der Waals surface area (Å²) in [5.74, 6) is 1.06. The largest absolute Gasteiger partial charge is 0.381 e. The highest BCUT2D eigenvalue weighted by Gasteiger charge is 2.53.